The van der Waals surface area contributed by atoms with Gasteiger partial charge in [-0.1, -0.05) is 18.2 Å². The summed E-state index contributed by atoms with van der Waals surface area (Å²) in [4.78, 5) is 23.7. The molecule has 1 aliphatic carbocycles. The standard InChI is InChI=1S/C19H21N3O2S/c1-22(10-11-24-13-6-3-2-4-7-13)12-16-20-18(23)17-14-8-5-9-15(14)25-19(17)21-16/h2-4,6-7H,5,8-12H2,1H3,(H,20,21,23)/p+1. The highest BCUT2D eigenvalue weighted by atomic mass is 32.1. The molecular weight excluding hydrogens is 334 g/mol. The van der Waals surface area contributed by atoms with E-state index in [4.69, 9.17) is 9.72 Å². The van der Waals surface area contributed by atoms with Crippen molar-refractivity contribution < 1.29 is 9.64 Å². The molecule has 25 heavy (non-hydrogen) atoms. The molecule has 1 aliphatic rings. The van der Waals surface area contributed by atoms with Gasteiger partial charge in [-0.2, -0.15) is 0 Å². The molecule has 2 N–H and O–H groups in total. The Morgan fingerprint density at radius 1 is 1.28 bits per heavy atom. The lowest BCUT2D eigenvalue weighted by molar-refractivity contribution is -0.894. The van der Waals surface area contributed by atoms with E-state index in [1.54, 1.807) is 11.3 Å². The Hall–Kier alpha value is -2.18. The molecule has 0 amide bonds. The van der Waals surface area contributed by atoms with Crippen molar-refractivity contribution >= 4 is 21.6 Å². The smallest absolute Gasteiger partial charge is 0.260 e. The van der Waals surface area contributed by atoms with E-state index in [9.17, 15) is 4.79 Å². The summed E-state index contributed by atoms with van der Waals surface area (Å²) < 4.78 is 5.74. The Morgan fingerprint density at radius 2 is 2.12 bits per heavy atom. The molecule has 2 heterocycles. The molecule has 1 atom stereocenters. The van der Waals surface area contributed by atoms with Crippen LogP contribution in [0.25, 0.3) is 10.2 Å². The number of para-hydroxylation sites is 1. The summed E-state index contributed by atoms with van der Waals surface area (Å²) >= 11 is 1.69. The van der Waals surface area contributed by atoms with Crippen molar-refractivity contribution in [3.63, 3.8) is 0 Å². The first-order valence-corrected chi connectivity index (χ1v) is 9.55. The van der Waals surface area contributed by atoms with Crippen LogP contribution in [0.1, 0.15) is 22.7 Å². The van der Waals surface area contributed by atoms with E-state index in [1.165, 1.54) is 15.3 Å². The number of ether oxygens (including phenoxy) is 1. The van der Waals surface area contributed by atoms with Gasteiger partial charge in [0.05, 0.1) is 12.4 Å². The number of thiophene rings is 1. The Labute approximate surface area is 150 Å². The number of hydrogen-bond donors (Lipinski definition) is 2. The van der Waals surface area contributed by atoms with Crippen LogP contribution in [0.3, 0.4) is 0 Å². The molecule has 0 saturated heterocycles. The van der Waals surface area contributed by atoms with E-state index in [-0.39, 0.29) is 5.56 Å². The topological polar surface area (TPSA) is 59.4 Å². The molecule has 0 saturated carbocycles. The molecule has 0 fully saturated rings. The largest absolute Gasteiger partial charge is 0.488 e. The average Bonchev–Trinajstić information content (AvgIpc) is 3.16. The zero-order chi connectivity index (χ0) is 17.2. The third kappa shape index (κ3) is 3.45. The van der Waals surface area contributed by atoms with Crippen molar-refractivity contribution in [2.24, 2.45) is 0 Å². The molecule has 6 heteroatoms. The highest BCUT2D eigenvalue weighted by molar-refractivity contribution is 7.18. The molecular formula is C19H22N3O2S+. The Kier molecular flexibility index (Phi) is 4.55. The lowest BCUT2D eigenvalue weighted by Gasteiger charge is -2.14. The van der Waals surface area contributed by atoms with Gasteiger partial charge in [-0.15, -0.1) is 11.3 Å². The molecule has 5 nitrogen and oxygen atoms in total. The predicted molar refractivity (Wildman–Crippen MR) is 99.7 cm³/mol. The van der Waals surface area contributed by atoms with Gasteiger partial charge in [0.25, 0.3) is 5.56 Å². The average molecular weight is 356 g/mol. The first kappa shape index (κ1) is 16.3. The highest BCUT2D eigenvalue weighted by Gasteiger charge is 2.21. The fourth-order valence-corrected chi connectivity index (χ4v) is 4.65. The first-order chi connectivity index (χ1) is 12.2. The van der Waals surface area contributed by atoms with Crippen LogP contribution >= 0.6 is 11.3 Å². The summed E-state index contributed by atoms with van der Waals surface area (Å²) in [7, 11) is 2.09. The number of aromatic amines is 1. The van der Waals surface area contributed by atoms with Crippen molar-refractivity contribution in [2.75, 3.05) is 20.2 Å². The number of benzene rings is 1. The van der Waals surface area contributed by atoms with Crippen LogP contribution in [0.15, 0.2) is 35.1 Å². The van der Waals surface area contributed by atoms with Crippen LogP contribution < -0.4 is 15.2 Å². The molecule has 0 bridgehead atoms. The zero-order valence-electron chi connectivity index (χ0n) is 14.3. The normalized spacial score (nSPS) is 14.6. The van der Waals surface area contributed by atoms with E-state index in [1.807, 2.05) is 30.3 Å². The van der Waals surface area contributed by atoms with Crippen LogP contribution in [0.2, 0.25) is 0 Å². The zero-order valence-corrected chi connectivity index (χ0v) is 15.1. The summed E-state index contributed by atoms with van der Waals surface area (Å²) in [5, 5.41) is 0.825. The van der Waals surface area contributed by atoms with Crippen LogP contribution in [0, 0.1) is 0 Å². The summed E-state index contributed by atoms with van der Waals surface area (Å²) in [5.74, 6) is 1.64. The number of aromatic nitrogens is 2. The van der Waals surface area contributed by atoms with Gasteiger partial charge in [0.1, 0.15) is 30.3 Å². The number of nitrogens with one attached hydrogen (secondary N) is 2. The van der Waals surface area contributed by atoms with Gasteiger partial charge in [0, 0.05) is 4.88 Å². The third-order valence-electron chi connectivity index (χ3n) is 4.63. The van der Waals surface area contributed by atoms with Crippen LogP contribution in [0.4, 0.5) is 0 Å². The maximum absolute atomic E-state index is 12.5. The summed E-state index contributed by atoms with van der Waals surface area (Å²) in [6.45, 7) is 2.17. The number of aryl methyl sites for hydroxylation is 2. The lowest BCUT2D eigenvalue weighted by Crippen LogP contribution is -3.08. The molecule has 1 aromatic carbocycles. The van der Waals surface area contributed by atoms with Crippen molar-refractivity contribution in [3.05, 3.63) is 57.0 Å². The molecule has 130 valence electrons. The van der Waals surface area contributed by atoms with Crippen molar-refractivity contribution in [3.8, 4) is 5.75 Å². The van der Waals surface area contributed by atoms with Crippen molar-refractivity contribution in [2.45, 2.75) is 25.8 Å². The van der Waals surface area contributed by atoms with Crippen LogP contribution in [-0.4, -0.2) is 30.2 Å². The quantitative estimate of drug-likeness (QED) is 0.705. The number of fused-ring (bicyclic) bond motifs is 3. The molecule has 4 rings (SSSR count). The Bertz CT molecular complexity index is 933. The van der Waals surface area contributed by atoms with E-state index in [0.717, 1.165) is 47.6 Å². The monoisotopic (exact) mass is 356 g/mol. The molecule has 2 aromatic heterocycles. The molecule has 0 radical (unpaired) electrons. The van der Waals surface area contributed by atoms with E-state index in [0.29, 0.717) is 13.2 Å². The molecule has 0 spiro atoms. The second-order valence-corrected chi connectivity index (χ2v) is 7.68. The number of rotatable bonds is 6. The van der Waals surface area contributed by atoms with Gasteiger partial charge in [-0.3, -0.25) is 4.79 Å². The fraction of sp³-hybridized carbons (Fsp3) is 0.368. The van der Waals surface area contributed by atoms with Gasteiger partial charge >= 0.3 is 0 Å². The number of likely N-dealkylation sites (N-methyl/N-ethyl adjacent to an activating group) is 1. The minimum absolute atomic E-state index is 0.0211. The van der Waals surface area contributed by atoms with Crippen molar-refractivity contribution in [1.29, 1.82) is 0 Å². The van der Waals surface area contributed by atoms with E-state index >= 15 is 0 Å². The summed E-state index contributed by atoms with van der Waals surface area (Å²) in [6, 6.07) is 9.82. The van der Waals surface area contributed by atoms with Crippen molar-refractivity contribution in [1.82, 2.24) is 9.97 Å². The number of nitrogens with zero attached hydrogens (tertiary/aromatic N) is 1. The van der Waals surface area contributed by atoms with Gasteiger partial charge < -0.3 is 14.6 Å². The van der Waals surface area contributed by atoms with E-state index in [2.05, 4.69) is 12.0 Å². The Morgan fingerprint density at radius 3 is 2.96 bits per heavy atom. The third-order valence-corrected chi connectivity index (χ3v) is 5.82. The lowest BCUT2D eigenvalue weighted by atomic mass is 10.2. The predicted octanol–water partition coefficient (Wildman–Crippen LogP) is 1.57. The minimum atomic E-state index is 0.0211. The maximum Gasteiger partial charge on any atom is 0.260 e. The summed E-state index contributed by atoms with van der Waals surface area (Å²) in [5.41, 5.74) is 1.25. The van der Waals surface area contributed by atoms with Gasteiger partial charge in [0.15, 0.2) is 5.82 Å². The summed E-state index contributed by atoms with van der Waals surface area (Å²) in [6.07, 6.45) is 3.27. The van der Waals surface area contributed by atoms with Crippen LogP contribution in [0.5, 0.6) is 5.75 Å². The van der Waals surface area contributed by atoms with Gasteiger partial charge in [-0.25, -0.2) is 4.98 Å². The maximum atomic E-state index is 12.5. The van der Waals surface area contributed by atoms with Crippen LogP contribution in [-0.2, 0) is 19.4 Å². The first-order valence-electron chi connectivity index (χ1n) is 8.73. The minimum Gasteiger partial charge on any atom is -0.488 e. The molecule has 0 aliphatic heterocycles. The second-order valence-electron chi connectivity index (χ2n) is 6.60. The Balaban J connectivity index is 1.41. The van der Waals surface area contributed by atoms with Gasteiger partial charge in [0.2, 0.25) is 0 Å². The number of quaternary nitrogens is 1. The molecule has 3 aromatic rings. The highest BCUT2D eigenvalue weighted by Crippen LogP contribution is 2.34. The van der Waals surface area contributed by atoms with Gasteiger partial charge in [-0.05, 0) is 37.0 Å². The SMILES string of the molecule is C[NH+](CCOc1ccccc1)Cc1nc2sc3c(c2c(=O)[nH]1)CCC3. The number of H-pyrrole nitrogens is 1. The molecule has 1 unspecified atom stereocenters. The fourth-order valence-electron chi connectivity index (χ4n) is 3.36. The number of hydrogen-bond acceptors (Lipinski definition) is 4. The second kappa shape index (κ2) is 6.98. The van der Waals surface area contributed by atoms with E-state index < -0.39 is 0 Å².